The summed E-state index contributed by atoms with van der Waals surface area (Å²) < 4.78 is 35.2. The number of hydrazone groups is 1. The number of nitrogens with one attached hydrogen (secondary N) is 1. The van der Waals surface area contributed by atoms with E-state index in [2.05, 4.69) is 30.6 Å². The molecule has 0 radical (unpaired) electrons. The third-order valence-corrected chi connectivity index (χ3v) is 6.56. The number of aromatic nitrogens is 2. The quantitative estimate of drug-likeness (QED) is 0.152. The zero-order chi connectivity index (χ0) is 27.8. The summed E-state index contributed by atoms with van der Waals surface area (Å²) in [6.07, 6.45) is 0. The Bertz CT molecular complexity index is 1690. The summed E-state index contributed by atoms with van der Waals surface area (Å²) >= 11 is 11.7. The molecule has 1 atom stereocenters. The van der Waals surface area contributed by atoms with E-state index in [0.29, 0.717) is 16.0 Å². The second-order valence-electron chi connectivity index (χ2n) is 7.73. The molecule has 4 rings (SSSR count). The van der Waals surface area contributed by atoms with Crippen LogP contribution < -0.4 is 69.5 Å². The van der Waals surface area contributed by atoms with Crippen molar-refractivity contribution in [2.24, 2.45) is 15.3 Å². The number of rotatable bonds is 7. The number of aliphatic carboxylic acids is 1. The van der Waals surface area contributed by atoms with Crippen LogP contribution in [0.25, 0.3) is 11.0 Å². The van der Waals surface area contributed by atoms with E-state index in [1.54, 1.807) is 0 Å². The molecule has 196 valence electrons. The van der Waals surface area contributed by atoms with Gasteiger partial charge in [-0.1, -0.05) is 23.2 Å². The maximum absolute atomic E-state index is 12.8. The van der Waals surface area contributed by atoms with Crippen LogP contribution in [-0.4, -0.2) is 64.0 Å². The first-order valence-electron chi connectivity index (χ1n) is 10.3. The van der Waals surface area contributed by atoms with Crippen LogP contribution in [0.5, 0.6) is 0 Å². The van der Waals surface area contributed by atoms with Crippen LogP contribution in [0.15, 0.2) is 56.6 Å². The van der Waals surface area contributed by atoms with Crippen LogP contribution in [0.4, 0.5) is 11.4 Å². The van der Waals surface area contributed by atoms with Crippen molar-refractivity contribution in [1.82, 2.24) is 15.0 Å². The molecule has 0 saturated heterocycles. The number of azo groups is 1. The fourth-order valence-electron chi connectivity index (χ4n) is 3.34. The van der Waals surface area contributed by atoms with Gasteiger partial charge in [0.25, 0.3) is 11.8 Å². The number of halogens is 2. The van der Waals surface area contributed by atoms with E-state index >= 15 is 0 Å². The number of carbonyl (C=O) groups excluding carboxylic acids is 3. The average molecular weight is 624 g/mol. The number of amides is 2. The summed E-state index contributed by atoms with van der Waals surface area (Å²) in [5.41, 5.74) is 0.477. The molecule has 1 aliphatic rings. The van der Waals surface area contributed by atoms with E-state index in [1.807, 2.05) is 0 Å². The zero-order valence-corrected chi connectivity index (χ0v) is 27.3. The van der Waals surface area contributed by atoms with Gasteiger partial charge in [0.1, 0.15) is 15.8 Å². The van der Waals surface area contributed by atoms with Gasteiger partial charge in [-0.15, -0.1) is 0 Å². The van der Waals surface area contributed by atoms with Crippen LogP contribution in [0.2, 0.25) is 10.3 Å². The Morgan fingerprint density at radius 1 is 1.07 bits per heavy atom. The van der Waals surface area contributed by atoms with Crippen molar-refractivity contribution in [2.45, 2.75) is 17.9 Å². The molecule has 1 unspecified atom stereocenters. The Hall–Kier alpha value is -2.05. The molecule has 0 spiro atoms. The predicted molar refractivity (Wildman–Crippen MR) is 130 cm³/mol. The molecule has 2 heterocycles. The number of hydrogen-bond acceptors (Lipinski definition) is 12. The van der Waals surface area contributed by atoms with Crippen molar-refractivity contribution in [2.75, 3.05) is 11.9 Å². The third-order valence-electron chi connectivity index (χ3n) is 5.05. The van der Waals surface area contributed by atoms with Crippen LogP contribution >= 0.6 is 23.2 Å². The molecule has 1 N–H and O–H groups in total. The van der Waals surface area contributed by atoms with Crippen molar-refractivity contribution in [3.05, 3.63) is 52.3 Å². The Morgan fingerprint density at radius 2 is 1.73 bits per heavy atom. The maximum atomic E-state index is 12.8. The van der Waals surface area contributed by atoms with Crippen molar-refractivity contribution < 1.29 is 91.6 Å². The molecule has 19 heteroatoms. The van der Waals surface area contributed by atoms with Gasteiger partial charge in [-0.25, -0.2) is 23.4 Å². The standard InChI is InChI=1S/C21H15Cl2N7O7S.2Na/c1-9-17(21(34)30(29-9)8-16(31)32)28-27-14-7-11(3-5-15(14)38(35,36)37)24-20(33)10-2-4-12-13(6-10)26-19(23)18(22)25-12;;/h2-7,17H,8H2,1H3,(H,24,33)(H,31,32)(H,35,36,37);;/q;2*+1/p-2. The van der Waals surface area contributed by atoms with E-state index in [1.165, 1.54) is 25.1 Å². The fraction of sp³-hybridized carbons (Fsp3) is 0.143. The van der Waals surface area contributed by atoms with Gasteiger partial charge in [-0.3, -0.25) is 9.59 Å². The summed E-state index contributed by atoms with van der Waals surface area (Å²) in [6.45, 7) is 0.567. The first-order valence-corrected chi connectivity index (χ1v) is 12.5. The van der Waals surface area contributed by atoms with Gasteiger partial charge in [0.05, 0.1) is 34.2 Å². The van der Waals surface area contributed by atoms with Gasteiger partial charge < -0.3 is 19.8 Å². The molecule has 14 nitrogen and oxygen atoms in total. The normalized spacial score (nSPS) is 15.0. The van der Waals surface area contributed by atoms with Crippen molar-refractivity contribution in [3.63, 3.8) is 0 Å². The van der Waals surface area contributed by atoms with E-state index in [0.717, 1.165) is 18.2 Å². The second kappa shape index (κ2) is 13.7. The first-order chi connectivity index (χ1) is 17.8. The van der Waals surface area contributed by atoms with Gasteiger partial charge >= 0.3 is 59.1 Å². The summed E-state index contributed by atoms with van der Waals surface area (Å²) in [4.78, 5) is 43.3. The Balaban J connectivity index is 0.00000280. The minimum absolute atomic E-state index is 0. The van der Waals surface area contributed by atoms with Gasteiger partial charge in [0, 0.05) is 11.3 Å². The number of carboxylic acids is 1. The summed E-state index contributed by atoms with van der Waals surface area (Å²) in [7, 11) is -5.03. The number of benzene rings is 2. The van der Waals surface area contributed by atoms with Gasteiger partial charge in [-0.05, 0) is 43.3 Å². The van der Waals surface area contributed by atoms with Gasteiger partial charge in [0.2, 0.25) is 0 Å². The van der Waals surface area contributed by atoms with Crippen LogP contribution in [0.1, 0.15) is 17.3 Å². The summed E-state index contributed by atoms with van der Waals surface area (Å²) in [5, 5.41) is 25.1. The molecule has 3 aromatic rings. The molecular formula is C21H13Cl2N7Na2O7S. The van der Waals surface area contributed by atoms with Crippen LogP contribution in [-0.2, 0) is 19.7 Å². The van der Waals surface area contributed by atoms with Crippen molar-refractivity contribution in [3.8, 4) is 0 Å². The van der Waals surface area contributed by atoms with Crippen molar-refractivity contribution >= 4 is 79.2 Å². The SMILES string of the molecule is CC1=NN(CC(=O)[O-])C(=O)C1N=Nc1cc(NC(=O)c2ccc3nc(Cl)c(Cl)nc3c2)ccc1S(=O)(=O)[O-].[Na+].[Na+]. The molecular weight excluding hydrogens is 611 g/mol. The third kappa shape index (κ3) is 7.82. The van der Waals surface area contributed by atoms with Gasteiger partial charge in [-0.2, -0.15) is 15.3 Å². The van der Waals surface area contributed by atoms with Crippen LogP contribution in [0.3, 0.4) is 0 Å². The number of nitrogens with zero attached hydrogens (tertiary/aromatic N) is 6. The molecule has 0 fully saturated rings. The number of carboxylic acid groups (broad SMARTS) is 1. The van der Waals surface area contributed by atoms with Crippen LogP contribution in [0, 0.1) is 0 Å². The maximum Gasteiger partial charge on any atom is 1.00 e. The monoisotopic (exact) mass is 623 g/mol. The zero-order valence-electron chi connectivity index (χ0n) is 21.0. The molecule has 0 saturated carbocycles. The molecule has 0 bridgehead atoms. The molecule has 2 aromatic carbocycles. The topological polar surface area (TPSA) is 210 Å². The van der Waals surface area contributed by atoms with E-state index < -0.39 is 51.1 Å². The Labute approximate surface area is 280 Å². The van der Waals surface area contributed by atoms with E-state index in [4.69, 9.17) is 23.2 Å². The molecule has 0 aliphatic carbocycles. The number of carbonyl (C=O) groups is 3. The molecule has 1 aliphatic heterocycles. The minimum atomic E-state index is -5.03. The summed E-state index contributed by atoms with van der Waals surface area (Å²) in [6, 6.07) is 6.14. The molecule has 1 aromatic heterocycles. The average Bonchev–Trinajstić information content (AvgIpc) is 3.08. The number of anilines is 1. The Kier molecular flexibility index (Phi) is 11.7. The molecule has 40 heavy (non-hydrogen) atoms. The van der Waals surface area contributed by atoms with E-state index in [9.17, 15) is 32.5 Å². The van der Waals surface area contributed by atoms with E-state index in [-0.39, 0.29) is 86.4 Å². The van der Waals surface area contributed by atoms with Crippen molar-refractivity contribution in [1.29, 1.82) is 0 Å². The first kappa shape index (κ1) is 34.2. The number of hydrogen-bond donors (Lipinski definition) is 1. The molecule has 2 amide bonds. The predicted octanol–water partition coefficient (Wildman–Crippen LogP) is -4.48. The smallest absolute Gasteiger partial charge is 0.744 e. The second-order valence-corrected chi connectivity index (χ2v) is 9.79. The Morgan fingerprint density at radius 3 is 2.35 bits per heavy atom. The minimum Gasteiger partial charge on any atom is -0.744 e. The fourth-order valence-corrected chi connectivity index (χ4v) is 4.20. The summed E-state index contributed by atoms with van der Waals surface area (Å²) in [5.74, 6) is -3.03. The van der Waals surface area contributed by atoms with Gasteiger partial charge in [0.15, 0.2) is 16.3 Å². The largest absolute Gasteiger partial charge is 1.00 e. The number of fused-ring (bicyclic) bond motifs is 1.